The van der Waals surface area contributed by atoms with Crippen LogP contribution in [0.15, 0.2) is 235 Å². The second kappa shape index (κ2) is 30.2. The number of hydrogen-bond acceptors (Lipinski definition) is 14. The molecule has 0 atom stereocenters. The summed E-state index contributed by atoms with van der Waals surface area (Å²) in [5.74, 6) is 2.23. The molecule has 12 aromatic rings. The first kappa shape index (κ1) is 62.2. The van der Waals surface area contributed by atoms with Gasteiger partial charge < -0.3 is 16.0 Å². The number of aromatic nitrogens is 10. The van der Waals surface area contributed by atoms with E-state index in [1.165, 1.54) is 29.3 Å². The minimum Gasteiger partial charge on any atom is -0.322 e. The molecule has 89 heavy (non-hydrogen) atoms. The molecule has 446 valence electrons. The number of carbonyl (C=O) groups is 3. The summed E-state index contributed by atoms with van der Waals surface area (Å²) in [6.45, 7) is 10.8. The highest BCUT2D eigenvalue weighted by molar-refractivity contribution is 7.99. The van der Waals surface area contributed by atoms with Crippen molar-refractivity contribution in [2.45, 2.75) is 84.7 Å². The van der Waals surface area contributed by atoms with Gasteiger partial charge in [-0.3, -0.25) is 29.6 Å². The van der Waals surface area contributed by atoms with Gasteiger partial charge in [-0.25, -0.2) is 24.9 Å². The fraction of sp³-hybridized carbons (Fsp3) is 0.157. The van der Waals surface area contributed by atoms with Gasteiger partial charge in [-0.1, -0.05) is 138 Å². The summed E-state index contributed by atoms with van der Waals surface area (Å²) in [4.78, 5) is 63.6. The smallest absolute Gasteiger partial charge is 0.255 e. The highest BCUT2D eigenvalue weighted by atomic mass is 32.2. The minimum absolute atomic E-state index is 0.0271. The molecule has 0 aliphatic carbocycles. The van der Waals surface area contributed by atoms with E-state index in [9.17, 15) is 14.4 Å². The van der Waals surface area contributed by atoms with E-state index in [2.05, 4.69) is 125 Å². The average molecular weight is 1230 g/mol. The SMILES string of the molecule is CC(C)(C)c1cccc(NC(=O)c2cccc(CSc3ncnc4[nH]ncc34)c2)c1.CC(C)c1ccc(NC(=O)c2cccc(CSc3ncnc4[nH]ncc34)c2)cc1.O=C(Nc1cccc(Cc2ccccc2)c1)c1cccc(CSc2cnccn2)c1. The first-order valence-electron chi connectivity index (χ1n) is 28.7. The maximum Gasteiger partial charge on any atom is 0.255 e. The van der Waals surface area contributed by atoms with Gasteiger partial charge in [0.2, 0.25) is 0 Å². The summed E-state index contributed by atoms with van der Waals surface area (Å²) >= 11 is 4.78. The number of rotatable bonds is 18. The minimum atomic E-state index is -0.118. The number of nitrogens with one attached hydrogen (secondary N) is 5. The standard InChI is InChI=1S/C25H21N3OS.C23H23N5OS.C22H21N5OS/c29-25(22-10-4-9-21(15-22)18-30-24-17-26-12-13-27-24)28-23-11-5-8-20(16-23)14-19-6-2-1-3-7-19;1-23(2,3)17-8-5-9-18(11-17)27-21(29)16-7-4-6-15(10-16)13-30-22-19-12-26-28-20(19)24-14-25-22;1-14(2)16-6-8-18(9-7-16)26-21(28)17-5-3-4-15(10-17)12-29-22-19-11-25-27-20(19)23-13-24-22/h1-13,15-17H,14,18H2,(H,28,29);4-12,14H,13H2,1-3H3,(H,27,29)(H,24,25,26,28);3-11,13-14H,12H2,1-2H3,(H,26,28)(H,23,24,25,27). The molecule has 5 aromatic heterocycles. The summed E-state index contributed by atoms with van der Waals surface area (Å²) in [6.07, 6.45) is 12.4. The first-order valence-corrected chi connectivity index (χ1v) is 31.7. The average Bonchev–Trinajstić information content (AvgIpc) is 4.19. The summed E-state index contributed by atoms with van der Waals surface area (Å²) < 4.78 is 0. The monoisotopic (exact) mass is 1230 g/mol. The molecule has 0 aliphatic heterocycles. The zero-order valence-corrected chi connectivity index (χ0v) is 52.2. The molecule has 0 radical (unpaired) electrons. The molecule has 0 saturated heterocycles. The number of thioether (sulfide) groups is 3. The third-order valence-corrected chi connectivity index (χ3v) is 17.1. The summed E-state index contributed by atoms with van der Waals surface area (Å²) in [5, 5.41) is 27.1. The van der Waals surface area contributed by atoms with Gasteiger partial charge in [-0.05, 0) is 129 Å². The number of H-pyrrole nitrogens is 2. The van der Waals surface area contributed by atoms with Crippen LogP contribution in [0, 0.1) is 0 Å². The van der Waals surface area contributed by atoms with E-state index in [-0.39, 0.29) is 23.1 Å². The Balaban J connectivity index is 0.000000147. The lowest BCUT2D eigenvalue weighted by Crippen LogP contribution is -2.14. The van der Waals surface area contributed by atoms with Crippen molar-refractivity contribution < 1.29 is 14.4 Å². The van der Waals surface area contributed by atoms with Crippen LogP contribution in [-0.4, -0.2) is 68.0 Å². The molecular formula is C70H65N13O3S3. The number of nitrogens with zero attached hydrogens (tertiary/aromatic N) is 8. The van der Waals surface area contributed by atoms with Gasteiger partial charge in [0.05, 0.1) is 29.4 Å². The van der Waals surface area contributed by atoms with E-state index in [4.69, 9.17) is 0 Å². The lowest BCUT2D eigenvalue weighted by atomic mass is 9.87. The van der Waals surface area contributed by atoms with Crippen LogP contribution >= 0.6 is 35.3 Å². The quantitative estimate of drug-likeness (QED) is 0.0398. The topological polar surface area (TPSA) is 222 Å². The third kappa shape index (κ3) is 17.9. The van der Waals surface area contributed by atoms with Gasteiger partial charge in [0.1, 0.15) is 27.7 Å². The van der Waals surface area contributed by atoms with Crippen LogP contribution in [0.3, 0.4) is 0 Å². The van der Waals surface area contributed by atoms with Gasteiger partial charge >= 0.3 is 0 Å². The van der Waals surface area contributed by atoms with Gasteiger partial charge in [-0.2, -0.15) is 10.2 Å². The molecule has 0 spiro atoms. The third-order valence-electron chi connectivity index (χ3n) is 13.9. The number of amides is 3. The molecule has 0 fully saturated rings. The van der Waals surface area contributed by atoms with Gasteiger partial charge in [0.25, 0.3) is 17.7 Å². The van der Waals surface area contributed by atoms with Crippen LogP contribution in [0.1, 0.15) is 111 Å². The van der Waals surface area contributed by atoms with E-state index in [0.717, 1.165) is 88.6 Å². The van der Waals surface area contributed by atoms with E-state index in [1.54, 1.807) is 66.3 Å². The Bertz CT molecular complexity index is 4330. The molecule has 5 heterocycles. The summed E-state index contributed by atoms with van der Waals surface area (Å²) in [5.41, 5.74) is 13.8. The fourth-order valence-electron chi connectivity index (χ4n) is 9.16. The Morgan fingerprint density at radius 1 is 0.461 bits per heavy atom. The van der Waals surface area contributed by atoms with Gasteiger partial charge in [0, 0.05) is 63.4 Å². The van der Waals surface area contributed by atoms with E-state index in [1.807, 2.05) is 152 Å². The molecule has 7 aromatic carbocycles. The summed E-state index contributed by atoms with van der Waals surface area (Å²) in [7, 11) is 0. The predicted molar refractivity (Wildman–Crippen MR) is 359 cm³/mol. The maximum atomic E-state index is 12.8. The number of hydrogen-bond donors (Lipinski definition) is 5. The van der Waals surface area contributed by atoms with Crippen molar-refractivity contribution >= 4 is 92.1 Å². The number of carbonyl (C=O) groups excluding carboxylic acids is 3. The van der Waals surface area contributed by atoms with Crippen molar-refractivity contribution in [3.8, 4) is 0 Å². The molecule has 19 heteroatoms. The Hall–Kier alpha value is -9.82. The Labute approximate surface area is 529 Å². The van der Waals surface area contributed by atoms with Crippen molar-refractivity contribution in [3.05, 3.63) is 275 Å². The normalized spacial score (nSPS) is 11.1. The van der Waals surface area contributed by atoms with Crippen LogP contribution in [0.25, 0.3) is 22.1 Å². The largest absolute Gasteiger partial charge is 0.322 e. The van der Waals surface area contributed by atoms with Gasteiger partial charge in [0.15, 0.2) is 11.3 Å². The molecule has 0 saturated carbocycles. The number of fused-ring (bicyclic) bond motifs is 2. The summed E-state index contributed by atoms with van der Waals surface area (Å²) in [6, 6.07) is 57.3. The van der Waals surface area contributed by atoms with Crippen molar-refractivity contribution in [3.63, 3.8) is 0 Å². The Morgan fingerprint density at radius 3 is 1.46 bits per heavy atom. The maximum absolute atomic E-state index is 12.8. The molecule has 0 bridgehead atoms. The van der Waals surface area contributed by atoms with Crippen LogP contribution in [0.2, 0.25) is 0 Å². The highest BCUT2D eigenvalue weighted by Crippen LogP contribution is 2.30. The molecule has 0 unspecified atom stereocenters. The predicted octanol–water partition coefficient (Wildman–Crippen LogP) is 15.8. The highest BCUT2D eigenvalue weighted by Gasteiger charge is 2.17. The fourth-order valence-corrected chi connectivity index (χ4v) is 11.7. The second-order valence-electron chi connectivity index (χ2n) is 22.0. The van der Waals surface area contributed by atoms with Crippen LogP contribution in [0.5, 0.6) is 0 Å². The second-order valence-corrected chi connectivity index (χ2v) is 24.9. The van der Waals surface area contributed by atoms with Crippen LogP contribution in [0.4, 0.5) is 17.1 Å². The molecule has 0 aliphatic rings. The molecule has 3 amide bonds. The van der Waals surface area contributed by atoms with Crippen molar-refractivity contribution in [1.29, 1.82) is 0 Å². The zero-order chi connectivity index (χ0) is 62.0. The van der Waals surface area contributed by atoms with E-state index < -0.39 is 0 Å². The van der Waals surface area contributed by atoms with Crippen LogP contribution in [-0.2, 0) is 29.1 Å². The Morgan fingerprint density at radius 2 is 0.944 bits per heavy atom. The van der Waals surface area contributed by atoms with E-state index >= 15 is 0 Å². The first-order chi connectivity index (χ1) is 43.3. The Kier molecular flexibility index (Phi) is 21.1. The van der Waals surface area contributed by atoms with Crippen LogP contribution < -0.4 is 16.0 Å². The van der Waals surface area contributed by atoms with Crippen molar-refractivity contribution in [2.24, 2.45) is 0 Å². The number of benzene rings is 7. The lowest BCUT2D eigenvalue weighted by Gasteiger charge is -2.20. The van der Waals surface area contributed by atoms with Crippen molar-refractivity contribution in [2.75, 3.05) is 16.0 Å². The number of aromatic amines is 2. The zero-order valence-electron chi connectivity index (χ0n) is 49.7. The van der Waals surface area contributed by atoms with Gasteiger partial charge in [-0.15, -0.1) is 35.3 Å². The number of anilines is 3. The van der Waals surface area contributed by atoms with Crippen molar-refractivity contribution in [1.82, 2.24) is 50.3 Å². The lowest BCUT2D eigenvalue weighted by molar-refractivity contribution is 0.101. The van der Waals surface area contributed by atoms with E-state index in [0.29, 0.717) is 34.1 Å². The molecule has 16 nitrogen and oxygen atoms in total. The molecule has 12 rings (SSSR count). The molecule has 5 N–H and O–H groups in total. The molecular weight excluding hydrogens is 1170 g/mol.